The van der Waals surface area contributed by atoms with Crippen molar-refractivity contribution in [2.45, 2.75) is 33.1 Å². The van der Waals surface area contributed by atoms with E-state index in [0.717, 1.165) is 6.42 Å². The first-order valence-electron chi connectivity index (χ1n) is 5.02. The molecule has 1 saturated heterocycles. The van der Waals surface area contributed by atoms with Crippen LogP contribution in [-0.4, -0.2) is 25.2 Å². The monoisotopic (exact) mass is 200 g/mol. The molecule has 1 heterocycles. The van der Waals surface area contributed by atoms with Crippen LogP contribution in [0.15, 0.2) is 0 Å². The Balaban J connectivity index is 2.80. The summed E-state index contributed by atoms with van der Waals surface area (Å²) in [5.74, 6) is -0.845. The highest BCUT2D eigenvalue weighted by atomic mass is 16.6. The van der Waals surface area contributed by atoms with Crippen LogP contribution in [0.25, 0.3) is 0 Å². The molecule has 14 heavy (non-hydrogen) atoms. The number of hydrogen-bond donors (Lipinski definition) is 0. The van der Waals surface area contributed by atoms with E-state index in [1.54, 1.807) is 6.92 Å². The lowest BCUT2D eigenvalue weighted by Crippen LogP contribution is -2.37. The summed E-state index contributed by atoms with van der Waals surface area (Å²) in [5, 5.41) is 0. The Bertz CT molecular complexity index is 236. The fourth-order valence-corrected chi connectivity index (χ4v) is 1.77. The number of carbonyl (C=O) groups is 2. The maximum atomic E-state index is 11.6. The molecule has 0 radical (unpaired) electrons. The number of ether oxygens (including phenoxy) is 2. The van der Waals surface area contributed by atoms with Crippen molar-refractivity contribution in [3.05, 3.63) is 0 Å². The Morgan fingerprint density at radius 2 is 2.29 bits per heavy atom. The normalized spacial score (nSPS) is 26.0. The standard InChI is InChI=1S/C10H16O4/c1-3-5-10(8(11)13-4-2)6-7-14-9(10)12/h3-7H2,1-2H3/t10-/m1/s1. The minimum atomic E-state index is -1.01. The zero-order valence-corrected chi connectivity index (χ0v) is 8.67. The van der Waals surface area contributed by atoms with Gasteiger partial charge in [-0.25, -0.2) is 0 Å². The van der Waals surface area contributed by atoms with Crippen LogP contribution in [0, 0.1) is 5.41 Å². The zero-order valence-electron chi connectivity index (χ0n) is 8.67. The predicted octanol–water partition coefficient (Wildman–Crippen LogP) is 1.28. The van der Waals surface area contributed by atoms with E-state index < -0.39 is 17.4 Å². The van der Waals surface area contributed by atoms with Gasteiger partial charge >= 0.3 is 11.9 Å². The Hall–Kier alpha value is -1.06. The summed E-state index contributed by atoms with van der Waals surface area (Å²) in [6.45, 7) is 4.31. The summed E-state index contributed by atoms with van der Waals surface area (Å²) < 4.78 is 9.76. The molecule has 1 aliphatic heterocycles. The van der Waals surface area contributed by atoms with E-state index in [1.807, 2.05) is 6.92 Å². The van der Waals surface area contributed by atoms with Crippen LogP contribution in [0.2, 0.25) is 0 Å². The Labute approximate surface area is 83.6 Å². The minimum absolute atomic E-state index is 0.303. The van der Waals surface area contributed by atoms with E-state index >= 15 is 0 Å². The molecular formula is C10H16O4. The number of hydrogen-bond acceptors (Lipinski definition) is 4. The molecule has 0 aliphatic carbocycles. The SMILES string of the molecule is CCC[C@]1(C(=O)OCC)CCOC1=O. The van der Waals surface area contributed by atoms with Crippen LogP contribution >= 0.6 is 0 Å². The summed E-state index contributed by atoms with van der Waals surface area (Å²) in [6.07, 6.45) is 1.75. The first-order chi connectivity index (χ1) is 6.67. The van der Waals surface area contributed by atoms with E-state index in [-0.39, 0.29) is 0 Å². The highest BCUT2D eigenvalue weighted by Crippen LogP contribution is 2.36. The third-order valence-electron chi connectivity index (χ3n) is 2.50. The molecule has 0 bridgehead atoms. The second-order valence-corrected chi connectivity index (χ2v) is 3.44. The van der Waals surface area contributed by atoms with Gasteiger partial charge in [-0.2, -0.15) is 0 Å². The second-order valence-electron chi connectivity index (χ2n) is 3.44. The van der Waals surface area contributed by atoms with Crippen molar-refractivity contribution in [1.82, 2.24) is 0 Å². The average Bonchev–Trinajstić information content (AvgIpc) is 2.50. The Morgan fingerprint density at radius 3 is 2.71 bits per heavy atom. The number of carbonyl (C=O) groups excluding carboxylic acids is 2. The first kappa shape index (κ1) is 11.0. The van der Waals surface area contributed by atoms with Gasteiger partial charge in [0.05, 0.1) is 13.2 Å². The fourth-order valence-electron chi connectivity index (χ4n) is 1.77. The van der Waals surface area contributed by atoms with E-state index in [4.69, 9.17) is 9.47 Å². The number of rotatable bonds is 4. The third kappa shape index (κ3) is 1.74. The smallest absolute Gasteiger partial charge is 0.323 e. The highest BCUT2D eigenvalue weighted by molar-refractivity contribution is 6.01. The molecule has 0 spiro atoms. The average molecular weight is 200 g/mol. The fraction of sp³-hybridized carbons (Fsp3) is 0.800. The summed E-state index contributed by atoms with van der Waals surface area (Å²) in [5.41, 5.74) is -1.01. The minimum Gasteiger partial charge on any atom is -0.465 e. The summed E-state index contributed by atoms with van der Waals surface area (Å²) in [4.78, 5) is 23.1. The van der Waals surface area contributed by atoms with Gasteiger partial charge < -0.3 is 9.47 Å². The molecule has 1 aliphatic rings. The molecule has 1 atom stereocenters. The topological polar surface area (TPSA) is 52.6 Å². The number of cyclic esters (lactones) is 1. The van der Waals surface area contributed by atoms with Crippen LogP contribution in [0.5, 0.6) is 0 Å². The molecule has 0 saturated carbocycles. The molecule has 0 unspecified atom stereocenters. The van der Waals surface area contributed by atoms with Gasteiger partial charge in [-0.05, 0) is 13.3 Å². The third-order valence-corrected chi connectivity index (χ3v) is 2.50. The molecule has 0 aromatic heterocycles. The van der Waals surface area contributed by atoms with Gasteiger partial charge in [0.15, 0.2) is 5.41 Å². The quantitative estimate of drug-likeness (QED) is 0.506. The van der Waals surface area contributed by atoms with Crippen LogP contribution < -0.4 is 0 Å². The number of esters is 2. The highest BCUT2D eigenvalue weighted by Gasteiger charge is 2.51. The molecule has 80 valence electrons. The molecule has 0 N–H and O–H groups in total. The summed E-state index contributed by atoms with van der Waals surface area (Å²) in [6, 6.07) is 0. The molecule has 1 fully saturated rings. The largest absolute Gasteiger partial charge is 0.465 e. The van der Waals surface area contributed by atoms with Gasteiger partial charge in [-0.15, -0.1) is 0 Å². The lowest BCUT2D eigenvalue weighted by Gasteiger charge is -2.21. The molecule has 0 aromatic rings. The zero-order chi connectivity index (χ0) is 10.6. The van der Waals surface area contributed by atoms with Gasteiger partial charge in [0.2, 0.25) is 0 Å². The van der Waals surface area contributed by atoms with Gasteiger partial charge in [0.1, 0.15) is 0 Å². The van der Waals surface area contributed by atoms with Crippen molar-refractivity contribution in [2.24, 2.45) is 5.41 Å². The van der Waals surface area contributed by atoms with Crippen molar-refractivity contribution in [1.29, 1.82) is 0 Å². The maximum Gasteiger partial charge on any atom is 0.323 e. The van der Waals surface area contributed by atoms with E-state index in [1.165, 1.54) is 0 Å². The van der Waals surface area contributed by atoms with Gasteiger partial charge in [0, 0.05) is 6.42 Å². The molecular weight excluding hydrogens is 184 g/mol. The van der Waals surface area contributed by atoms with Crippen LogP contribution in [0.4, 0.5) is 0 Å². The lowest BCUT2D eigenvalue weighted by molar-refractivity contribution is -0.165. The summed E-state index contributed by atoms with van der Waals surface area (Å²) in [7, 11) is 0. The molecule has 4 heteroatoms. The molecule has 1 rings (SSSR count). The Kier molecular flexibility index (Phi) is 3.49. The van der Waals surface area contributed by atoms with E-state index in [9.17, 15) is 9.59 Å². The lowest BCUT2D eigenvalue weighted by atomic mass is 9.82. The van der Waals surface area contributed by atoms with E-state index in [0.29, 0.717) is 26.1 Å². The second kappa shape index (κ2) is 4.44. The maximum absolute atomic E-state index is 11.6. The van der Waals surface area contributed by atoms with Crippen molar-refractivity contribution in [3.63, 3.8) is 0 Å². The predicted molar refractivity (Wildman–Crippen MR) is 49.6 cm³/mol. The van der Waals surface area contributed by atoms with Crippen LogP contribution in [-0.2, 0) is 19.1 Å². The van der Waals surface area contributed by atoms with Gasteiger partial charge in [0.25, 0.3) is 0 Å². The first-order valence-corrected chi connectivity index (χ1v) is 5.02. The van der Waals surface area contributed by atoms with Crippen LogP contribution in [0.3, 0.4) is 0 Å². The van der Waals surface area contributed by atoms with Crippen molar-refractivity contribution < 1.29 is 19.1 Å². The van der Waals surface area contributed by atoms with Gasteiger partial charge in [-0.1, -0.05) is 13.3 Å². The van der Waals surface area contributed by atoms with E-state index in [2.05, 4.69) is 0 Å². The van der Waals surface area contributed by atoms with Crippen LogP contribution in [0.1, 0.15) is 33.1 Å². The van der Waals surface area contributed by atoms with Crippen molar-refractivity contribution in [2.75, 3.05) is 13.2 Å². The molecule has 4 nitrogen and oxygen atoms in total. The Morgan fingerprint density at radius 1 is 1.57 bits per heavy atom. The molecule has 0 amide bonds. The molecule has 0 aromatic carbocycles. The van der Waals surface area contributed by atoms with Crippen molar-refractivity contribution >= 4 is 11.9 Å². The van der Waals surface area contributed by atoms with Gasteiger partial charge in [-0.3, -0.25) is 9.59 Å². The summed E-state index contributed by atoms with van der Waals surface area (Å²) >= 11 is 0. The van der Waals surface area contributed by atoms with Crippen molar-refractivity contribution in [3.8, 4) is 0 Å².